The number of rotatable bonds is 3. The Morgan fingerprint density at radius 1 is 1.25 bits per heavy atom. The lowest BCUT2D eigenvalue weighted by Crippen LogP contribution is -2.31. The highest BCUT2D eigenvalue weighted by molar-refractivity contribution is 5.84. The van der Waals surface area contributed by atoms with E-state index >= 15 is 0 Å². The van der Waals surface area contributed by atoms with Gasteiger partial charge in [-0.1, -0.05) is 19.1 Å². The Morgan fingerprint density at radius 3 is 2.35 bits per heavy atom. The molecule has 0 aliphatic carbocycles. The van der Waals surface area contributed by atoms with Gasteiger partial charge in [-0.25, -0.2) is 0 Å². The molecule has 1 aliphatic rings. The van der Waals surface area contributed by atoms with Gasteiger partial charge in [0.15, 0.2) is 0 Å². The van der Waals surface area contributed by atoms with Crippen LogP contribution < -0.4 is 5.32 Å². The average molecular weight is 286 g/mol. The zero-order valence-electron chi connectivity index (χ0n) is 11.4. The van der Waals surface area contributed by atoms with Crippen LogP contribution >= 0.6 is 0 Å². The predicted molar refractivity (Wildman–Crippen MR) is 68.8 cm³/mol. The molecule has 1 aliphatic heterocycles. The summed E-state index contributed by atoms with van der Waals surface area (Å²) in [5.74, 6) is -0.0169. The van der Waals surface area contributed by atoms with E-state index in [9.17, 15) is 18.0 Å². The summed E-state index contributed by atoms with van der Waals surface area (Å²) in [5.41, 5.74) is -0.00943. The van der Waals surface area contributed by atoms with E-state index in [4.69, 9.17) is 0 Å². The van der Waals surface area contributed by atoms with Crippen LogP contribution in [0, 0.1) is 0 Å². The summed E-state index contributed by atoms with van der Waals surface area (Å²) in [4.78, 5) is 13.7. The molecule has 1 saturated heterocycles. The Bertz CT molecular complexity index is 484. The van der Waals surface area contributed by atoms with E-state index < -0.39 is 11.7 Å². The standard InChI is InChI=1S/C14H17F3N2O/c1-3-8-19-12(18-9(2)13(19)20)10-4-6-11(7-5-10)14(15,16)17/h4-7,9,12,18H,3,8H2,1-2H3. The van der Waals surface area contributed by atoms with E-state index in [-0.39, 0.29) is 18.1 Å². The average Bonchev–Trinajstić information content (AvgIpc) is 2.67. The molecular weight excluding hydrogens is 269 g/mol. The minimum Gasteiger partial charge on any atom is -0.322 e. The third-order valence-electron chi connectivity index (χ3n) is 3.39. The monoisotopic (exact) mass is 286 g/mol. The summed E-state index contributed by atoms with van der Waals surface area (Å²) in [7, 11) is 0. The van der Waals surface area contributed by atoms with Gasteiger partial charge in [0.25, 0.3) is 0 Å². The van der Waals surface area contributed by atoms with Crippen molar-refractivity contribution in [2.45, 2.75) is 38.7 Å². The third-order valence-corrected chi connectivity index (χ3v) is 3.39. The largest absolute Gasteiger partial charge is 0.416 e. The number of halogens is 3. The number of amides is 1. The fourth-order valence-electron chi connectivity index (χ4n) is 2.38. The van der Waals surface area contributed by atoms with Gasteiger partial charge >= 0.3 is 6.18 Å². The van der Waals surface area contributed by atoms with Crippen molar-refractivity contribution in [3.63, 3.8) is 0 Å². The SMILES string of the molecule is CCCN1C(=O)C(C)NC1c1ccc(C(F)(F)F)cc1. The minimum atomic E-state index is -4.34. The number of carbonyl (C=O) groups excluding carboxylic acids is 1. The lowest BCUT2D eigenvalue weighted by atomic mass is 10.1. The number of hydrogen-bond donors (Lipinski definition) is 1. The summed E-state index contributed by atoms with van der Waals surface area (Å²) in [6, 6.07) is 4.64. The molecule has 1 N–H and O–H groups in total. The summed E-state index contributed by atoms with van der Waals surface area (Å²) in [6.45, 7) is 4.30. The first-order valence-electron chi connectivity index (χ1n) is 6.58. The Labute approximate surface area is 115 Å². The number of hydrogen-bond acceptors (Lipinski definition) is 2. The fraction of sp³-hybridized carbons (Fsp3) is 0.500. The maximum atomic E-state index is 12.5. The van der Waals surface area contributed by atoms with Crippen molar-refractivity contribution in [3.05, 3.63) is 35.4 Å². The van der Waals surface area contributed by atoms with E-state index in [0.29, 0.717) is 12.1 Å². The van der Waals surface area contributed by atoms with E-state index in [1.165, 1.54) is 12.1 Å². The highest BCUT2D eigenvalue weighted by Gasteiger charge is 2.37. The number of carbonyl (C=O) groups is 1. The van der Waals surface area contributed by atoms with Gasteiger partial charge in [0.05, 0.1) is 11.6 Å². The van der Waals surface area contributed by atoms with Crippen molar-refractivity contribution < 1.29 is 18.0 Å². The van der Waals surface area contributed by atoms with Gasteiger partial charge in [-0.05, 0) is 31.0 Å². The maximum Gasteiger partial charge on any atom is 0.416 e. The second kappa shape index (κ2) is 5.44. The van der Waals surface area contributed by atoms with E-state index in [0.717, 1.165) is 18.6 Å². The van der Waals surface area contributed by atoms with Crippen molar-refractivity contribution >= 4 is 5.91 Å². The van der Waals surface area contributed by atoms with Gasteiger partial charge in [-0.15, -0.1) is 0 Å². The molecular formula is C14H17F3N2O. The molecule has 1 amide bonds. The van der Waals surface area contributed by atoms with Crippen LogP contribution in [0.4, 0.5) is 13.2 Å². The van der Waals surface area contributed by atoms with Gasteiger partial charge in [0, 0.05) is 6.54 Å². The molecule has 1 aromatic carbocycles. The summed E-state index contributed by atoms with van der Waals surface area (Å²) in [6.07, 6.45) is -3.88. The van der Waals surface area contributed by atoms with Crippen molar-refractivity contribution in [3.8, 4) is 0 Å². The number of alkyl halides is 3. The molecule has 1 aromatic rings. The number of benzene rings is 1. The Kier molecular flexibility index (Phi) is 4.04. The van der Waals surface area contributed by atoms with Crippen LogP contribution in [-0.2, 0) is 11.0 Å². The van der Waals surface area contributed by atoms with Crippen LogP contribution in [0.3, 0.4) is 0 Å². The van der Waals surface area contributed by atoms with Crippen LogP contribution in [0.1, 0.15) is 37.6 Å². The summed E-state index contributed by atoms with van der Waals surface area (Å²) in [5, 5.41) is 3.11. The molecule has 1 fully saturated rings. The zero-order chi connectivity index (χ0) is 14.9. The van der Waals surface area contributed by atoms with E-state index in [1.807, 2.05) is 6.92 Å². The Morgan fingerprint density at radius 2 is 1.85 bits per heavy atom. The molecule has 1 heterocycles. The van der Waals surface area contributed by atoms with E-state index in [1.54, 1.807) is 11.8 Å². The Hall–Kier alpha value is -1.56. The first-order chi connectivity index (χ1) is 9.34. The molecule has 2 atom stereocenters. The quantitative estimate of drug-likeness (QED) is 0.926. The molecule has 6 heteroatoms. The normalized spacial score (nSPS) is 23.4. The highest BCUT2D eigenvalue weighted by atomic mass is 19.4. The lowest BCUT2D eigenvalue weighted by molar-refractivity contribution is -0.137. The van der Waals surface area contributed by atoms with Gasteiger partial charge in [-0.2, -0.15) is 13.2 Å². The molecule has 0 saturated carbocycles. The second-order valence-electron chi connectivity index (χ2n) is 4.94. The molecule has 0 radical (unpaired) electrons. The molecule has 2 rings (SSSR count). The van der Waals surface area contributed by atoms with Crippen molar-refractivity contribution in [2.24, 2.45) is 0 Å². The molecule has 0 spiro atoms. The molecule has 0 aromatic heterocycles. The van der Waals surface area contributed by atoms with Gasteiger partial charge in [-0.3, -0.25) is 10.1 Å². The molecule has 3 nitrogen and oxygen atoms in total. The lowest BCUT2D eigenvalue weighted by Gasteiger charge is -2.24. The van der Waals surface area contributed by atoms with Gasteiger partial charge in [0.2, 0.25) is 5.91 Å². The van der Waals surface area contributed by atoms with Crippen LogP contribution in [0.2, 0.25) is 0 Å². The van der Waals surface area contributed by atoms with Gasteiger partial charge < -0.3 is 4.90 Å². The minimum absolute atomic E-state index is 0.0169. The van der Waals surface area contributed by atoms with E-state index in [2.05, 4.69) is 5.32 Å². The molecule has 2 unspecified atom stereocenters. The van der Waals surface area contributed by atoms with Crippen LogP contribution in [-0.4, -0.2) is 23.4 Å². The van der Waals surface area contributed by atoms with Crippen LogP contribution in [0.25, 0.3) is 0 Å². The topological polar surface area (TPSA) is 32.3 Å². The fourth-order valence-corrected chi connectivity index (χ4v) is 2.38. The van der Waals surface area contributed by atoms with Crippen LogP contribution in [0.15, 0.2) is 24.3 Å². The highest BCUT2D eigenvalue weighted by Crippen LogP contribution is 2.31. The van der Waals surface area contributed by atoms with Gasteiger partial charge in [0.1, 0.15) is 6.17 Å². The van der Waals surface area contributed by atoms with Crippen molar-refractivity contribution in [1.29, 1.82) is 0 Å². The predicted octanol–water partition coefficient (Wildman–Crippen LogP) is 2.93. The van der Waals surface area contributed by atoms with Crippen molar-refractivity contribution in [2.75, 3.05) is 6.54 Å². The zero-order valence-corrected chi connectivity index (χ0v) is 11.4. The molecule has 0 bridgehead atoms. The summed E-state index contributed by atoms with van der Waals surface area (Å²) < 4.78 is 37.6. The molecule has 20 heavy (non-hydrogen) atoms. The van der Waals surface area contributed by atoms with Crippen LogP contribution in [0.5, 0.6) is 0 Å². The molecule has 110 valence electrons. The summed E-state index contributed by atoms with van der Waals surface area (Å²) >= 11 is 0. The maximum absolute atomic E-state index is 12.5. The third kappa shape index (κ3) is 2.80. The smallest absolute Gasteiger partial charge is 0.322 e. The first-order valence-corrected chi connectivity index (χ1v) is 6.58. The number of nitrogens with zero attached hydrogens (tertiary/aromatic N) is 1. The Balaban J connectivity index is 2.24. The second-order valence-corrected chi connectivity index (χ2v) is 4.94. The first kappa shape index (κ1) is 14.8. The van der Waals surface area contributed by atoms with Crippen molar-refractivity contribution in [1.82, 2.24) is 10.2 Å². The number of nitrogens with one attached hydrogen (secondary N) is 1.